The highest BCUT2D eigenvalue weighted by atomic mass is 15.1. The molecular weight excluding hydrogens is 242 g/mol. The van der Waals surface area contributed by atoms with Gasteiger partial charge in [0.15, 0.2) is 0 Å². The lowest BCUT2D eigenvalue weighted by molar-refractivity contribution is 0.731. The third kappa shape index (κ3) is 2.62. The monoisotopic (exact) mass is 263 g/mol. The topological polar surface area (TPSA) is 3.24 Å². The van der Waals surface area contributed by atoms with Gasteiger partial charge in [-0.1, -0.05) is 54.1 Å². The molecule has 0 atom stereocenters. The van der Waals surface area contributed by atoms with Crippen molar-refractivity contribution in [1.29, 1.82) is 0 Å². The summed E-state index contributed by atoms with van der Waals surface area (Å²) >= 11 is 0. The first-order valence-corrected chi connectivity index (χ1v) is 7.30. The summed E-state index contributed by atoms with van der Waals surface area (Å²) in [6, 6.07) is 17.5. The van der Waals surface area contributed by atoms with Gasteiger partial charge in [-0.3, -0.25) is 0 Å². The number of allylic oxidation sites excluding steroid dienone is 1. The Balaban J connectivity index is 1.94. The van der Waals surface area contributed by atoms with Crippen molar-refractivity contribution in [3.05, 3.63) is 70.8 Å². The van der Waals surface area contributed by atoms with Crippen molar-refractivity contribution in [2.75, 3.05) is 11.4 Å². The average Bonchev–Trinajstić information content (AvgIpc) is 2.47. The van der Waals surface area contributed by atoms with E-state index >= 15 is 0 Å². The fourth-order valence-electron chi connectivity index (χ4n) is 2.91. The number of nitrogens with zero attached hydrogens (tertiary/aromatic N) is 1. The summed E-state index contributed by atoms with van der Waals surface area (Å²) in [6.45, 7) is 6.43. The Kier molecular flexibility index (Phi) is 3.60. The van der Waals surface area contributed by atoms with Gasteiger partial charge in [0.25, 0.3) is 0 Å². The van der Waals surface area contributed by atoms with Gasteiger partial charge in [-0.2, -0.15) is 0 Å². The number of hydrogen-bond acceptors (Lipinski definition) is 1. The van der Waals surface area contributed by atoms with Crippen LogP contribution < -0.4 is 4.90 Å². The molecular formula is C19H21N. The van der Waals surface area contributed by atoms with Crippen LogP contribution in [0.4, 0.5) is 5.69 Å². The van der Waals surface area contributed by atoms with E-state index < -0.39 is 0 Å². The Bertz CT molecular complexity index is 636. The van der Waals surface area contributed by atoms with E-state index in [1.165, 1.54) is 28.0 Å². The minimum absolute atomic E-state index is 1.02. The molecule has 0 unspecified atom stereocenters. The molecule has 1 aliphatic heterocycles. The minimum Gasteiger partial charge on any atom is -0.366 e. The molecule has 0 N–H and O–H groups in total. The summed E-state index contributed by atoms with van der Waals surface area (Å²) in [7, 11) is 0. The van der Waals surface area contributed by atoms with Crippen LogP contribution >= 0.6 is 0 Å². The molecule has 1 aliphatic rings. The minimum atomic E-state index is 1.02. The van der Waals surface area contributed by atoms with Crippen molar-refractivity contribution in [3.8, 4) is 0 Å². The maximum Gasteiger partial charge on any atom is 0.0442 e. The SMILES string of the molecule is CC(C)=Cc1ccccc1N1CCc2ccccc2C1. The van der Waals surface area contributed by atoms with Gasteiger partial charge in [-0.25, -0.2) is 0 Å². The van der Waals surface area contributed by atoms with Gasteiger partial charge in [-0.05, 0) is 43.0 Å². The molecule has 1 heterocycles. The highest BCUT2D eigenvalue weighted by Gasteiger charge is 2.17. The third-order valence-corrected chi connectivity index (χ3v) is 3.85. The number of para-hydroxylation sites is 1. The number of hydrogen-bond donors (Lipinski definition) is 0. The van der Waals surface area contributed by atoms with Crippen LogP contribution in [0.2, 0.25) is 0 Å². The summed E-state index contributed by atoms with van der Waals surface area (Å²) in [5.74, 6) is 0. The van der Waals surface area contributed by atoms with Gasteiger partial charge in [0, 0.05) is 18.8 Å². The van der Waals surface area contributed by atoms with Crippen LogP contribution in [0.5, 0.6) is 0 Å². The first-order valence-electron chi connectivity index (χ1n) is 7.30. The number of benzene rings is 2. The van der Waals surface area contributed by atoms with Gasteiger partial charge in [0.05, 0.1) is 0 Å². The molecule has 2 aromatic carbocycles. The number of anilines is 1. The first-order chi connectivity index (χ1) is 9.74. The normalized spacial score (nSPS) is 13.8. The van der Waals surface area contributed by atoms with E-state index in [-0.39, 0.29) is 0 Å². The molecule has 0 aromatic heterocycles. The third-order valence-electron chi connectivity index (χ3n) is 3.85. The van der Waals surface area contributed by atoms with Crippen LogP contribution in [-0.4, -0.2) is 6.54 Å². The van der Waals surface area contributed by atoms with Crippen LogP contribution in [0.3, 0.4) is 0 Å². The van der Waals surface area contributed by atoms with E-state index in [1.54, 1.807) is 0 Å². The van der Waals surface area contributed by atoms with Gasteiger partial charge >= 0.3 is 0 Å². The molecule has 2 aromatic rings. The molecule has 102 valence electrons. The predicted molar refractivity (Wildman–Crippen MR) is 87.0 cm³/mol. The molecule has 1 nitrogen and oxygen atoms in total. The number of fused-ring (bicyclic) bond motifs is 1. The van der Waals surface area contributed by atoms with Crippen LogP contribution in [0.25, 0.3) is 6.08 Å². The van der Waals surface area contributed by atoms with Crippen LogP contribution in [0, 0.1) is 0 Å². The van der Waals surface area contributed by atoms with Gasteiger partial charge in [0.2, 0.25) is 0 Å². The zero-order chi connectivity index (χ0) is 13.9. The second-order valence-corrected chi connectivity index (χ2v) is 5.72. The summed E-state index contributed by atoms with van der Waals surface area (Å²) in [5.41, 5.74) is 6.99. The van der Waals surface area contributed by atoms with Crippen molar-refractivity contribution < 1.29 is 0 Å². The van der Waals surface area contributed by atoms with E-state index in [0.29, 0.717) is 0 Å². The maximum absolute atomic E-state index is 2.50. The second-order valence-electron chi connectivity index (χ2n) is 5.72. The molecule has 0 radical (unpaired) electrons. The van der Waals surface area contributed by atoms with E-state index in [2.05, 4.69) is 73.4 Å². The number of rotatable bonds is 2. The van der Waals surface area contributed by atoms with Crippen molar-refractivity contribution in [1.82, 2.24) is 0 Å². The largest absolute Gasteiger partial charge is 0.366 e. The second kappa shape index (κ2) is 5.54. The summed E-state index contributed by atoms with van der Waals surface area (Å²) < 4.78 is 0. The van der Waals surface area contributed by atoms with E-state index in [1.807, 2.05) is 0 Å². The fraction of sp³-hybridized carbons (Fsp3) is 0.263. The summed E-state index contributed by atoms with van der Waals surface area (Å²) in [6.07, 6.45) is 3.41. The Morgan fingerprint density at radius 1 is 0.950 bits per heavy atom. The van der Waals surface area contributed by atoms with Gasteiger partial charge < -0.3 is 4.90 Å². The lowest BCUT2D eigenvalue weighted by Crippen LogP contribution is -2.30. The van der Waals surface area contributed by atoms with Gasteiger partial charge in [-0.15, -0.1) is 0 Å². The highest BCUT2D eigenvalue weighted by Crippen LogP contribution is 2.28. The lowest BCUT2D eigenvalue weighted by Gasteiger charge is -2.32. The molecule has 1 heteroatoms. The molecule has 0 spiro atoms. The Morgan fingerprint density at radius 2 is 1.65 bits per heavy atom. The highest BCUT2D eigenvalue weighted by molar-refractivity contribution is 5.69. The van der Waals surface area contributed by atoms with Crippen LogP contribution in [0.1, 0.15) is 30.5 Å². The van der Waals surface area contributed by atoms with Gasteiger partial charge in [0.1, 0.15) is 0 Å². The molecule has 0 amide bonds. The maximum atomic E-state index is 2.50. The predicted octanol–water partition coefficient (Wildman–Crippen LogP) is 4.67. The zero-order valence-corrected chi connectivity index (χ0v) is 12.3. The van der Waals surface area contributed by atoms with Crippen LogP contribution in [-0.2, 0) is 13.0 Å². The zero-order valence-electron chi connectivity index (χ0n) is 12.3. The average molecular weight is 263 g/mol. The Morgan fingerprint density at radius 3 is 2.45 bits per heavy atom. The first kappa shape index (κ1) is 13.0. The lowest BCUT2D eigenvalue weighted by atomic mass is 9.98. The summed E-state index contributed by atoms with van der Waals surface area (Å²) in [5, 5.41) is 0. The van der Waals surface area contributed by atoms with Crippen molar-refractivity contribution >= 4 is 11.8 Å². The Hall–Kier alpha value is -2.02. The molecule has 0 saturated heterocycles. The van der Waals surface area contributed by atoms with Crippen molar-refractivity contribution in [3.63, 3.8) is 0 Å². The van der Waals surface area contributed by atoms with E-state index in [0.717, 1.165) is 19.5 Å². The van der Waals surface area contributed by atoms with Crippen molar-refractivity contribution in [2.24, 2.45) is 0 Å². The summed E-state index contributed by atoms with van der Waals surface area (Å²) in [4.78, 5) is 2.50. The Labute approximate surface area is 121 Å². The van der Waals surface area contributed by atoms with Crippen LogP contribution in [0.15, 0.2) is 54.1 Å². The standard InChI is InChI=1S/C19H21N/c1-15(2)13-17-8-5-6-10-19(17)20-12-11-16-7-3-4-9-18(16)14-20/h3-10,13H,11-12,14H2,1-2H3. The molecule has 20 heavy (non-hydrogen) atoms. The fourth-order valence-corrected chi connectivity index (χ4v) is 2.91. The molecule has 3 rings (SSSR count). The molecule has 0 bridgehead atoms. The van der Waals surface area contributed by atoms with E-state index in [4.69, 9.17) is 0 Å². The van der Waals surface area contributed by atoms with E-state index in [9.17, 15) is 0 Å². The molecule has 0 aliphatic carbocycles. The molecule has 0 saturated carbocycles. The smallest absolute Gasteiger partial charge is 0.0442 e. The molecule has 0 fully saturated rings. The van der Waals surface area contributed by atoms with Crippen molar-refractivity contribution in [2.45, 2.75) is 26.8 Å². The quantitative estimate of drug-likeness (QED) is 0.761.